The third kappa shape index (κ3) is 6.10. The Kier molecular flexibility index (Phi) is 7.75. The van der Waals surface area contributed by atoms with Gasteiger partial charge in [-0.2, -0.15) is 0 Å². The summed E-state index contributed by atoms with van der Waals surface area (Å²) in [6, 6.07) is 1.04. The van der Waals surface area contributed by atoms with Crippen LogP contribution in [0.4, 0.5) is 0 Å². The minimum atomic E-state index is 0.497. The summed E-state index contributed by atoms with van der Waals surface area (Å²) in [6.07, 6.45) is 3.71. The lowest BCUT2D eigenvalue weighted by molar-refractivity contribution is 0.293. The van der Waals surface area contributed by atoms with Crippen molar-refractivity contribution in [2.24, 2.45) is 4.99 Å². The van der Waals surface area contributed by atoms with E-state index < -0.39 is 0 Å². The van der Waals surface area contributed by atoms with Gasteiger partial charge < -0.3 is 10.2 Å². The highest BCUT2D eigenvalue weighted by Crippen LogP contribution is 2.16. The van der Waals surface area contributed by atoms with Gasteiger partial charge in [0.1, 0.15) is 0 Å². The Bertz CT molecular complexity index is 251. The molecule has 0 aliphatic carbocycles. The third-order valence-electron chi connectivity index (χ3n) is 3.49. The molecule has 0 radical (unpaired) electrons. The van der Waals surface area contributed by atoms with E-state index in [1.807, 2.05) is 11.8 Å². The standard InChI is InChI=1S/C14H29N3S/c1-5-17(6-2)10-7-8-12(3)15-14-16-13(4)9-11-18-14/h12-13H,5-11H2,1-4H3,(H,15,16). The van der Waals surface area contributed by atoms with Gasteiger partial charge in [0, 0.05) is 11.8 Å². The van der Waals surface area contributed by atoms with Gasteiger partial charge in [-0.25, -0.2) is 0 Å². The summed E-state index contributed by atoms with van der Waals surface area (Å²) < 4.78 is 0. The Hall–Kier alpha value is -0.220. The van der Waals surface area contributed by atoms with Gasteiger partial charge in [-0.1, -0.05) is 25.6 Å². The smallest absolute Gasteiger partial charge is 0.157 e. The Balaban J connectivity index is 2.19. The molecule has 1 rings (SSSR count). The zero-order valence-corrected chi connectivity index (χ0v) is 13.2. The molecule has 1 aliphatic rings. The van der Waals surface area contributed by atoms with E-state index in [0.717, 1.165) is 5.17 Å². The fourth-order valence-corrected chi connectivity index (χ4v) is 3.34. The predicted molar refractivity (Wildman–Crippen MR) is 83.6 cm³/mol. The van der Waals surface area contributed by atoms with Gasteiger partial charge >= 0.3 is 0 Å². The lowest BCUT2D eigenvalue weighted by Gasteiger charge is -2.23. The van der Waals surface area contributed by atoms with Crippen LogP contribution in [0.3, 0.4) is 0 Å². The number of rotatable bonds is 7. The second kappa shape index (κ2) is 8.81. The van der Waals surface area contributed by atoms with Gasteiger partial charge in [-0.3, -0.25) is 4.99 Å². The van der Waals surface area contributed by atoms with E-state index in [4.69, 9.17) is 0 Å². The van der Waals surface area contributed by atoms with Crippen molar-refractivity contribution >= 4 is 16.9 Å². The molecule has 0 bridgehead atoms. The molecule has 0 aromatic rings. The molecule has 0 spiro atoms. The highest BCUT2D eigenvalue weighted by atomic mass is 32.2. The molecule has 2 atom stereocenters. The Morgan fingerprint density at radius 1 is 1.44 bits per heavy atom. The average Bonchev–Trinajstić information content (AvgIpc) is 2.34. The molecule has 2 unspecified atom stereocenters. The summed E-state index contributed by atoms with van der Waals surface area (Å²) in [5.74, 6) is 1.21. The number of amidine groups is 1. The number of hydrogen-bond acceptors (Lipinski definition) is 4. The van der Waals surface area contributed by atoms with Crippen LogP contribution in [-0.2, 0) is 0 Å². The number of nitrogens with zero attached hydrogens (tertiary/aromatic N) is 2. The monoisotopic (exact) mass is 271 g/mol. The number of hydrogen-bond donors (Lipinski definition) is 1. The van der Waals surface area contributed by atoms with Crippen molar-refractivity contribution in [2.45, 2.75) is 59.0 Å². The molecule has 0 aromatic heterocycles. The van der Waals surface area contributed by atoms with Gasteiger partial charge in [0.25, 0.3) is 0 Å². The van der Waals surface area contributed by atoms with Crippen LogP contribution in [0.25, 0.3) is 0 Å². The lowest BCUT2D eigenvalue weighted by atomic mass is 10.2. The maximum Gasteiger partial charge on any atom is 0.157 e. The lowest BCUT2D eigenvalue weighted by Crippen LogP contribution is -2.34. The molecule has 0 saturated carbocycles. The molecule has 0 aromatic carbocycles. The van der Waals surface area contributed by atoms with Crippen molar-refractivity contribution in [1.29, 1.82) is 0 Å². The average molecular weight is 271 g/mol. The van der Waals surface area contributed by atoms with E-state index in [2.05, 4.69) is 42.9 Å². The largest absolute Gasteiger partial charge is 0.362 e. The van der Waals surface area contributed by atoms with Gasteiger partial charge in [0.2, 0.25) is 0 Å². The quantitative estimate of drug-likeness (QED) is 0.771. The molecule has 1 aliphatic heterocycles. The van der Waals surface area contributed by atoms with Crippen molar-refractivity contribution in [1.82, 2.24) is 10.2 Å². The van der Waals surface area contributed by atoms with E-state index in [1.54, 1.807) is 0 Å². The normalized spacial score (nSPS) is 21.8. The molecule has 1 heterocycles. The summed E-state index contributed by atoms with van der Waals surface area (Å²) in [4.78, 5) is 7.14. The van der Waals surface area contributed by atoms with Crippen molar-refractivity contribution in [3.8, 4) is 0 Å². The summed E-state index contributed by atoms with van der Waals surface area (Å²) in [6.45, 7) is 12.5. The highest BCUT2D eigenvalue weighted by Gasteiger charge is 2.13. The van der Waals surface area contributed by atoms with Crippen LogP contribution in [0.2, 0.25) is 0 Å². The molecule has 1 N–H and O–H groups in total. The fraction of sp³-hybridized carbons (Fsp3) is 0.929. The van der Waals surface area contributed by atoms with Crippen molar-refractivity contribution in [3.63, 3.8) is 0 Å². The maximum atomic E-state index is 4.66. The highest BCUT2D eigenvalue weighted by molar-refractivity contribution is 8.13. The molecule has 18 heavy (non-hydrogen) atoms. The van der Waals surface area contributed by atoms with E-state index in [1.165, 1.54) is 44.6 Å². The molecule has 4 heteroatoms. The van der Waals surface area contributed by atoms with Crippen molar-refractivity contribution < 1.29 is 0 Å². The van der Waals surface area contributed by atoms with Gasteiger partial charge in [0.05, 0.1) is 6.04 Å². The second-order valence-corrected chi connectivity index (χ2v) is 6.22. The maximum absolute atomic E-state index is 4.66. The first-order valence-electron chi connectivity index (χ1n) is 7.35. The first-order valence-corrected chi connectivity index (χ1v) is 8.33. The Morgan fingerprint density at radius 2 is 2.17 bits per heavy atom. The molecule has 0 saturated heterocycles. The van der Waals surface area contributed by atoms with E-state index in [9.17, 15) is 0 Å². The molecule has 3 nitrogen and oxygen atoms in total. The summed E-state index contributed by atoms with van der Waals surface area (Å²) in [5, 5.41) is 4.71. The van der Waals surface area contributed by atoms with Gasteiger partial charge in [-0.15, -0.1) is 0 Å². The van der Waals surface area contributed by atoms with E-state index >= 15 is 0 Å². The summed E-state index contributed by atoms with van der Waals surface area (Å²) in [7, 11) is 0. The zero-order chi connectivity index (χ0) is 13.4. The van der Waals surface area contributed by atoms with Crippen LogP contribution in [0.1, 0.15) is 47.0 Å². The Morgan fingerprint density at radius 3 is 2.78 bits per heavy atom. The van der Waals surface area contributed by atoms with Gasteiger partial charge in [-0.05, 0) is 52.7 Å². The van der Waals surface area contributed by atoms with Crippen LogP contribution < -0.4 is 5.32 Å². The van der Waals surface area contributed by atoms with Crippen LogP contribution in [0.15, 0.2) is 4.99 Å². The van der Waals surface area contributed by atoms with Crippen LogP contribution in [0.5, 0.6) is 0 Å². The van der Waals surface area contributed by atoms with Crippen LogP contribution in [-0.4, -0.2) is 47.5 Å². The van der Waals surface area contributed by atoms with Gasteiger partial charge in [0.15, 0.2) is 5.17 Å². The SMILES string of the molecule is CCN(CC)CCCC(C)NC1=NC(C)CCS1. The molecular formula is C14H29N3S. The third-order valence-corrected chi connectivity index (χ3v) is 4.42. The second-order valence-electron chi connectivity index (χ2n) is 5.13. The molecular weight excluding hydrogens is 242 g/mol. The number of nitrogens with one attached hydrogen (secondary N) is 1. The molecule has 0 fully saturated rings. The molecule has 106 valence electrons. The molecule has 0 amide bonds. The number of thioether (sulfide) groups is 1. The summed E-state index contributed by atoms with van der Waals surface area (Å²) in [5.41, 5.74) is 0. The van der Waals surface area contributed by atoms with Crippen LogP contribution in [0, 0.1) is 0 Å². The van der Waals surface area contributed by atoms with E-state index in [-0.39, 0.29) is 0 Å². The first kappa shape index (κ1) is 15.8. The predicted octanol–water partition coefficient (Wildman–Crippen LogP) is 2.97. The Labute approximate surface area is 117 Å². The minimum absolute atomic E-state index is 0.497. The van der Waals surface area contributed by atoms with Crippen LogP contribution >= 0.6 is 11.8 Å². The topological polar surface area (TPSA) is 27.6 Å². The first-order chi connectivity index (χ1) is 8.65. The minimum Gasteiger partial charge on any atom is -0.362 e. The van der Waals surface area contributed by atoms with Crippen molar-refractivity contribution in [2.75, 3.05) is 25.4 Å². The van der Waals surface area contributed by atoms with E-state index in [0.29, 0.717) is 12.1 Å². The summed E-state index contributed by atoms with van der Waals surface area (Å²) >= 11 is 1.87. The fourth-order valence-electron chi connectivity index (χ4n) is 2.15. The number of aliphatic imine (C=N–C) groups is 1. The van der Waals surface area contributed by atoms with Crippen molar-refractivity contribution in [3.05, 3.63) is 0 Å². The zero-order valence-electron chi connectivity index (χ0n) is 12.4.